The van der Waals surface area contributed by atoms with Crippen LogP contribution in [0.25, 0.3) is 22.4 Å². The van der Waals surface area contributed by atoms with Gasteiger partial charge in [0.05, 0.1) is 27.1 Å². The van der Waals surface area contributed by atoms with Gasteiger partial charge in [0.15, 0.2) is 9.84 Å². The van der Waals surface area contributed by atoms with E-state index in [1.165, 1.54) is 18.4 Å². The van der Waals surface area contributed by atoms with E-state index in [0.29, 0.717) is 84.7 Å². The van der Waals surface area contributed by atoms with E-state index in [-0.39, 0.29) is 28.5 Å². The van der Waals surface area contributed by atoms with Gasteiger partial charge in [-0.25, -0.2) is 21.2 Å². The van der Waals surface area contributed by atoms with Gasteiger partial charge in [0, 0.05) is 114 Å². The minimum atomic E-state index is -4.27. The highest BCUT2D eigenvalue weighted by Crippen LogP contribution is 2.45. The van der Waals surface area contributed by atoms with Crippen LogP contribution in [0.4, 0.5) is 27.1 Å². The number of nitrogens with zero attached hydrogens (tertiary/aromatic N) is 4. The number of nitrogens with one attached hydrogen (secondary N) is 2. The summed E-state index contributed by atoms with van der Waals surface area (Å²) in [5, 5.41) is 4.18. The summed E-state index contributed by atoms with van der Waals surface area (Å²) in [6, 6.07) is 34.1. The first-order valence-corrected chi connectivity index (χ1v) is 31.5. The van der Waals surface area contributed by atoms with E-state index in [9.17, 15) is 26.2 Å². The summed E-state index contributed by atoms with van der Waals surface area (Å²) in [4.78, 5) is 38.7. The molecule has 4 N–H and O–H groups in total. The lowest BCUT2D eigenvalue weighted by molar-refractivity contribution is -0.165. The molecule has 3 heterocycles. The number of esters is 1. The monoisotopic (exact) mass is 1130 g/mol. The van der Waals surface area contributed by atoms with Crippen LogP contribution < -0.4 is 19.8 Å². The highest BCUT2D eigenvalue weighted by molar-refractivity contribution is 7.99. The predicted octanol–water partition coefficient (Wildman–Crippen LogP) is 10.3. The molecule has 0 aliphatic carbocycles. The molecule has 0 radical (unpaired) electrons. The van der Waals surface area contributed by atoms with Crippen LogP contribution in [0.15, 0.2) is 130 Å². The molecule has 21 heteroatoms. The Morgan fingerprint density at radius 3 is 2.11 bits per heavy atom. The van der Waals surface area contributed by atoms with Crippen LogP contribution in [0.1, 0.15) is 44.5 Å². The van der Waals surface area contributed by atoms with Gasteiger partial charge in [0.2, 0.25) is 0 Å². The molecule has 0 bridgehead atoms. The summed E-state index contributed by atoms with van der Waals surface area (Å²) < 4.78 is 91.5. The van der Waals surface area contributed by atoms with Gasteiger partial charge in [-0.3, -0.25) is 14.1 Å². The Kier molecular flexibility index (Phi) is 17.4. The normalized spacial score (nSPS) is 15.6. The first kappa shape index (κ1) is 56.8. The molecule has 0 unspecified atom stereocenters. The van der Waals surface area contributed by atoms with Crippen LogP contribution in [0.2, 0.25) is 5.02 Å². The summed E-state index contributed by atoms with van der Waals surface area (Å²) in [5.74, 6) is -0.239. The average molecular weight is 1140 g/mol. The van der Waals surface area contributed by atoms with Crippen molar-refractivity contribution in [2.45, 2.75) is 67.8 Å². The summed E-state index contributed by atoms with van der Waals surface area (Å²) >= 11 is 7.97. The average Bonchev–Trinajstić information content (AvgIpc) is 3.72. The maximum atomic E-state index is 15.8. The fourth-order valence-electron chi connectivity index (χ4n) is 10.1. The zero-order valence-electron chi connectivity index (χ0n) is 43.4. The molecule has 5 aromatic carbocycles. The number of hydrogen-bond donors (Lipinski definition) is 4. The van der Waals surface area contributed by atoms with Crippen LogP contribution in [-0.2, 0) is 34.0 Å². The van der Waals surface area contributed by atoms with Gasteiger partial charge in [0.25, 0.3) is 10.0 Å². The second-order valence-electron chi connectivity index (χ2n) is 20.2. The number of piperazine rings is 1. The number of aryl methyl sites for hydroxylation is 1. The van der Waals surface area contributed by atoms with Crippen molar-refractivity contribution in [3.63, 3.8) is 0 Å². The molecule has 2 fully saturated rings. The smallest absolute Gasteiger partial charge is 0.328 e. The summed E-state index contributed by atoms with van der Waals surface area (Å²) in [7, 11) is -12.0. The van der Waals surface area contributed by atoms with Crippen molar-refractivity contribution in [1.82, 2.24) is 9.47 Å². The molecule has 2 aliphatic rings. The molecule has 1 aromatic heterocycles. The molecule has 0 saturated carbocycles. The number of ether oxygens (including phenoxy) is 1. The highest BCUT2D eigenvalue weighted by atomic mass is 35.5. The highest BCUT2D eigenvalue weighted by Gasteiger charge is 2.46. The lowest BCUT2D eigenvalue weighted by Gasteiger charge is -2.46. The minimum Gasteiger partial charge on any atom is -0.465 e. The third-order valence-electron chi connectivity index (χ3n) is 13.8. The van der Waals surface area contributed by atoms with Gasteiger partial charge in [0.1, 0.15) is 12.4 Å². The first-order valence-electron chi connectivity index (χ1n) is 25.0. The van der Waals surface area contributed by atoms with Gasteiger partial charge < -0.3 is 39.1 Å². The van der Waals surface area contributed by atoms with Crippen molar-refractivity contribution in [3.8, 4) is 22.4 Å². The third-order valence-corrected chi connectivity index (χ3v) is 18.6. The van der Waals surface area contributed by atoms with Crippen molar-refractivity contribution in [2.75, 3.05) is 90.4 Å². The summed E-state index contributed by atoms with van der Waals surface area (Å²) in [6.45, 7) is 13.0. The topological polar surface area (TPSA) is 191 Å². The number of benzene rings is 5. The molecular weight excluding hydrogens is 1070 g/mol. The zero-order valence-corrected chi connectivity index (χ0v) is 47.5. The fourth-order valence-corrected chi connectivity index (χ4v) is 13.9. The second kappa shape index (κ2) is 23.3. The van der Waals surface area contributed by atoms with Crippen LogP contribution in [0.3, 0.4) is 0 Å². The van der Waals surface area contributed by atoms with Gasteiger partial charge in [-0.2, -0.15) is 0 Å². The van der Waals surface area contributed by atoms with E-state index in [0.717, 1.165) is 39.6 Å². The molecular formula is C55H65ClFN6O9PS3. The lowest BCUT2D eigenvalue weighted by Crippen LogP contribution is -2.59. The maximum absolute atomic E-state index is 15.8. The second-order valence-corrected chi connectivity index (χ2v) is 27.2. The molecule has 0 amide bonds. The standard InChI is InChI=1S/C55H65ClFN6O9PS3/c1-37(2)63-39(4)53(75(6,68)69)51(52(63)40-12-14-42(56)15-13-40)41-31-43(57)33-47(32-41)62-26-24-61(25-27-62)46-18-16-44(17-19-46)59-76(70,71)49-20-21-50(38(3)30-49)58-45(34-74-48-10-8-7-9-11-48)22-23-60-35-55(5,36-60)54(64)72-28-29-73(65,66)67/h7-21,30-33,37,45,58-59H,22-29,34-36H2,1-6H3,(H2,65,66,67)/t45-/m1/s1. The Hall–Kier alpha value is -5.37. The lowest BCUT2D eigenvalue weighted by atomic mass is 9.82. The molecule has 1 atom stereocenters. The number of anilines is 4. The number of carbonyl (C=O) groups excluding carboxylic acids is 1. The predicted molar refractivity (Wildman–Crippen MR) is 303 cm³/mol. The van der Waals surface area contributed by atoms with Gasteiger partial charge >= 0.3 is 13.6 Å². The van der Waals surface area contributed by atoms with Crippen molar-refractivity contribution in [2.24, 2.45) is 5.41 Å². The quantitative estimate of drug-likeness (QED) is 0.0302. The molecule has 76 heavy (non-hydrogen) atoms. The number of likely N-dealkylation sites (tertiary alicyclic amines) is 1. The number of sulfonamides is 1. The van der Waals surface area contributed by atoms with Crippen LogP contribution >= 0.6 is 31.0 Å². The van der Waals surface area contributed by atoms with E-state index in [1.807, 2.05) is 86.0 Å². The Morgan fingerprint density at radius 1 is 0.855 bits per heavy atom. The molecule has 0 spiro atoms. The van der Waals surface area contributed by atoms with Crippen LogP contribution in [-0.4, -0.2) is 119 Å². The Morgan fingerprint density at radius 2 is 1.50 bits per heavy atom. The van der Waals surface area contributed by atoms with Crippen LogP contribution in [0.5, 0.6) is 0 Å². The minimum absolute atomic E-state index is 0.0211. The SMILES string of the molecule is Cc1cc(S(=O)(=O)Nc2ccc(N3CCN(c4cc(F)cc(-c5c(S(C)(=O)=O)c(C)n(C(C)C)c5-c5ccc(Cl)cc5)c4)CC3)cc2)ccc1N[C@H](CCN1CC(C)(C(=O)OCCP(=O)(O)O)C1)CSc1ccccc1. The van der Waals surface area contributed by atoms with Gasteiger partial charge in [-0.1, -0.05) is 41.9 Å². The Bertz CT molecular complexity index is 3330. The molecule has 15 nitrogen and oxygen atoms in total. The van der Waals surface area contributed by atoms with E-state index >= 15 is 4.39 Å². The van der Waals surface area contributed by atoms with Gasteiger partial charge in [-0.15, -0.1) is 11.8 Å². The number of sulfone groups is 1. The largest absolute Gasteiger partial charge is 0.465 e. The van der Waals surface area contributed by atoms with E-state index < -0.39 is 50.8 Å². The van der Waals surface area contributed by atoms with Crippen molar-refractivity contribution in [3.05, 3.63) is 137 Å². The molecule has 2 saturated heterocycles. The van der Waals surface area contributed by atoms with Crippen LogP contribution in [0, 0.1) is 25.1 Å². The molecule has 406 valence electrons. The number of rotatable bonds is 21. The fraction of sp³-hybridized carbons (Fsp3) is 0.364. The number of halogens is 2. The zero-order chi connectivity index (χ0) is 54.7. The number of carbonyl (C=O) groups is 1. The number of thioether (sulfide) groups is 1. The van der Waals surface area contributed by atoms with Crippen molar-refractivity contribution in [1.29, 1.82) is 0 Å². The maximum Gasteiger partial charge on any atom is 0.328 e. The van der Waals surface area contributed by atoms with E-state index in [1.54, 1.807) is 68.1 Å². The first-order chi connectivity index (χ1) is 35.9. The summed E-state index contributed by atoms with van der Waals surface area (Å²) in [5.41, 5.74) is 5.62. The number of hydrogen-bond acceptors (Lipinski definition) is 12. The molecule has 8 rings (SSSR count). The van der Waals surface area contributed by atoms with Crippen molar-refractivity contribution < 1.29 is 45.1 Å². The summed E-state index contributed by atoms with van der Waals surface area (Å²) in [6.07, 6.45) is 1.39. The molecule has 6 aromatic rings. The Labute approximate surface area is 454 Å². The molecule has 2 aliphatic heterocycles. The van der Waals surface area contributed by atoms with E-state index in [4.69, 9.17) is 26.1 Å². The van der Waals surface area contributed by atoms with Gasteiger partial charge in [-0.05, 0) is 143 Å². The van der Waals surface area contributed by atoms with E-state index in [2.05, 4.69) is 24.7 Å². The third kappa shape index (κ3) is 13.7. The number of aromatic nitrogens is 1. The van der Waals surface area contributed by atoms with Crippen molar-refractivity contribution >= 4 is 79.5 Å². The Balaban J connectivity index is 0.898.